The smallest absolute Gasteiger partial charge is 0.213 e. The fourth-order valence-corrected chi connectivity index (χ4v) is 3.63. The molecule has 0 atom stereocenters. The number of nitrogens with zero attached hydrogens (tertiary/aromatic N) is 5. The standard InChI is InChI=1S/C21H25N5O/c1-27-21-15-17(7-11-22-21)8-12-25-13-9-18(10-14-25)20-16-26(24-23-20)19-5-3-2-4-6-19/h2-7,11,15-16,18H,8-10,12-14H2,1H3. The van der Waals surface area contributed by atoms with Gasteiger partial charge in [-0.15, -0.1) is 5.10 Å². The number of benzene rings is 1. The number of likely N-dealkylation sites (tertiary alicyclic amines) is 1. The van der Waals surface area contributed by atoms with Crippen molar-refractivity contribution < 1.29 is 4.74 Å². The van der Waals surface area contributed by atoms with Crippen LogP contribution in [0.3, 0.4) is 0 Å². The van der Waals surface area contributed by atoms with E-state index in [0.717, 1.165) is 50.3 Å². The van der Waals surface area contributed by atoms with Crippen molar-refractivity contribution in [1.82, 2.24) is 24.9 Å². The van der Waals surface area contributed by atoms with Gasteiger partial charge in [-0.1, -0.05) is 23.4 Å². The topological polar surface area (TPSA) is 56.1 Å². The van der Waals surface area contributed by atoms with Gasteiger partial charge in [0.15, 0.2) is 0 Å². The third-order valence-corrected chi connectivity index (χ3v) is 5.26. The number of piperidine rings is 1. The lowest BCUT2D eigenvalue weighted by molar-refractivity contribution is 0.213. The highest BCUT2D eigenvalue weighted by molar-refractivity contribution is 5.30. The largest absolute Gasteiger partial charge is 0.481 e. The van der Waals surface area contributed by atoms with Crippen LogP contribution in [0.4, 0.5) is 0 Å². The van der Waals surface area contributed by atoms with Crippen LogP contribution in [0.15, 0.2) is 54.9 Å². The van der Waals surface area contributed by atoms with Crippen LogP contribution in [0, 0.1) is 0 Å². The van der Waals surface area contributed by atoms with Crippen LogP contribution in [-0.2, 0) is 6.42 Å². The molecule has 6 nitrogen and oxygen atoms in total. The van der Waals surface area contributed by atoms with Crippen LogP contribution in [-0.4, -0.2) is 51.6 Å². The van der Waals surface area contributed by atoms with Crippen molar-refractivity contribution in [2.24, 2.45) is 0 Å². The van der Waals surface area contributed by atoms with E-state index in [2.05, 4.69) is 44.6 Å². The highest BCUT2D eigenvalue weighted by Crippen LogP contribution is 2.27. The summed E-state index contributed by atoms with van der Waals surface area (Å²) in [6.07, 6.45) is 7.18. The number of para-hydroxylation sites is 1. The Kier molecular flexibility index (Phi) is 5.44. The first-order chi connectivity index (χ1) is 13.3. The molecule has 1 aliphatic heterocycles. The highest BCUT2D eigenvalue weighted by atomic mass is 16.5. The van der Waals surface area contributed by atoms with Crippen molar-refractivity contribution in [3.63, 3.8) is 0 Å². The summed E-state index contributed by atoms with van der Waals surface area (Å²) in [5.41, 5.74) is 3.44. The SMILES string of the molecule is COc1cc(CCN2CCC(c3cn(-c4ccccc4)nn3)CC2)ccn1. The fourth-order valence-electron chi connectivity index (χ4n) is 3.63. The minimum absolute atomic E-state index is 0.500. The molecule has 2 aromatic heterocycles. The van der Waals surface area contributed by atoms with Crippen LogP contribution in [0.25, 0.3) is 5.69 Å². The minimum atomic E-state index is 0.500. The minimum Gasteiger partial charge on any atom is -0.481 e. The lowest BCUT2D eigenvalue weighted by Gasteiger charge is -2.31. The van der Waals surface area contributed by atoms with E-state index < -0.39 is 0 Å². The van der Waals surface area contributed by atoms with Gasteiger partial charge in [0.2, 0.25) is 5.88 Å². The van der Waals surface area contributed by atoms with Gasteiger partial charge >= 0.3 is 0 Å². The number of aromatic nitrogens is 4. The van der Waals surface area contributed by atoms with Crippen LogP contribution >= 0.6 is 0 Å². The fraction of sp³-hybridized carbons (Fsp3) is 0.381. The Labute approximate surface area is 159 Å². The zero-order chi connectivity index (χ0) is 18.5. The normalized spacial score (nSPS) is 15.7. The second-order valence-electron chi connectivity index (χ2n) is 7.00. The molecule has 0 bridgehead atoms. The molecule has 4 rings (SSSR count). The number of methoxy groups -OCH3 is 1. The van der Waals surface area contributed by atoms with E-state index >= 15 is 0 Å². The van der Waals surface area contributed by atoms with Gasteiger partial charge in [0.05, 0.1) is 24.7 Å². The van der Waals surface area contributed by atoms with E-state index in [4.69, 9.17) is 4.74 Å². The Morgan fingerprint density at radius 1 is 1.11 bits per heavy atom. The first-order valence-corrected chi connectivity index (χ1v) is 9.51. The summed E-state index contributed by atoms with van der Waals surface area (Å²) >= 11 is 0. The maximum Gasteiger partial charge on any atom is 0.213 e. The number of pyridine rings is 1. The summed E-state index contributed by atoms with van der Waals surface area (Å²) in [5.74, 6) is 1.19. The maximum absolute atomic E-state index is 5.20. The van der Waals surface area contributed by atoms with Gasteiger partial charge in [-0.25, -0.2) is 9.67 Å². The molecule has 0 amide bonds. The molecule has 3 aromatic rings. The van der Waals surface area contributed by atoms with Crippen LogP contribution in [0.1, 0.15) is 30.0 Å². The van der Waals surface area contributed by atoms with Crippen molar-refractivity contribution >= 4 is 0 Å². The Morgan fingerprint density at radius 2 is 1.93 bits per heavy atom. The monoisotopic (exact) mass is 363 g/mol. The lowest BCUT2D eigenvalue weighted by atomic mass is 9.94. The van der Waals surface area contributed by atoms with E-state index in [-0.39, 0.29) is 0 Å². The Morgan fingerprint density at radius 3 is 2.70 bits per heavy atom. The molecule has 0 unspecified atom stereocenters. The zero-order valence-electron chi connectivity index (χ0n) is 15.7. The molecule has 1 aliphatic rings. The van der Waals surface area contributed by atoms with Gasteiger partial charge in [-0.05, 0) is 56.1 Å². The molecule has 6 heteroatoms. The Bertz CT molecular complexity index is 856. The molecule has 0 aliphatic carbocycles. The maximum atomic E-state index is 5.20. The molecule has 1 saturated heterocycles. The van der Waals surface area contributed by atoms with E-state index in [0.29, 0.717) is 11.8 Å². The molecule has 0 spiro atoms. The van der Waals surface area contributed by atoms with Gasteiger partial charge in [-0.2, -0.15) is 0 Å². The van der Waals surface area contributed by atoms with Crippen molar-refractivity contribution in [1.29, 1.82) is 0 Å². The number of hydrogen-bond donors (Lipinski definition) is 0. The third kappa shape index (κ3) is 4.34. The summed E-state index contributed by atoms with van der Waals surface area (Å²) in [7, 11) is 1.66. The third-order valence-electron chi connectivity index (χ3n) is 5.26. The number of hydrogen-bond acceptors (Lipinski definition) is 5. The summed E-state index contributed by atoms with van der Waals surface area (Å²) in [6.45, 7) is 3.27. The first kappa shape index (κ1) is 17.7. The molecule has 27 heavy (non-hydrogen) atoms. The lowest BCUT2D eigenvalue weighted by Crippen LogP contribution is -2.34. The molecule has 1 fully saturated rings. The average Bonchev–Trinajstić information content (AvgIpc) is 3.24. The molecule has 0 N–H and O–H groups in total. The van der Waals surface area contributed by atoms with Crippen molar-refractivity contribution in [3.05, 3.63) is 66.1 Å². The molecule has 0 saturated carbocycles. The predicted octanol–water partition coefficient (Wildman–Crippen LogP) is 3.09. The highest BCUT2D eigenvalue weighted by Gasteiger charge is 2.23. The van der Waals surface area contributed by atoms with Crippen LogP contribution in [0.5, 0.6) is 5.88 Å². The first-order valence-electron chi connectivity index (χ1n) is 9.51. The van der Waals surface area contributed by atoms with E-state index in [1.165, 1.54) is 5.56 Å². The Hall–Kier alpha value is -2.73. The Balaban J connectivity index is 1.29. The van der Waals surface area contributed by atoms with Crippen LogP contribution in [0.2, 0.25) is 0 Å². The molecule has 140 valence electrons. The zero-order valence-corrected chi connectivity index (χ0v) is 15.7. The summed E-state index contributed by atoms with van der Waals surface area (Å²) in [5, 5.41) is 8.74. The number of rotatable bonds is 6. The van der Waals surface area contributed by atoms with Gasteiger partial charge in [-0.3, -0.25) is 0 Å². The van der Waals surface area contributed by atoms with Crippen molar-refractivity contribution in [2.45, 2.75) is 25.2 Å². The molecule has 1 aromatic carbocycles. The quantitative estimate of drug-likeness (QED) is 0.674. The second kappa shape index (κ2) is 8.31. The summed E-state index contributed by atoms with van der Waals surface area (Å²) in [6, 6.07) is 14.2. The predicted molar refractivity (Wildman–Crippen MR) is 104 cm³/mol. The summed E-state index contributed by atoms with van der Waals surface area (Å²) < 4.78 is 7.08. The van der Waals surface area contributed by atoms with Crippen LogP contribution < -0.4 is 4.74 Å². The van der Waals surface area contributed by atoms with Crippen molar-refractivity contribution in [3.8, 4) is 11.6 Å². The molecular formula is C21H25N5O. The van der Waals surface area contributed by atoms with Crippen molar-refractivity contribution in [2.75, 3.05) is 26.7 Å². The second-order valence-corrected chi connectivity index (χ2v) is 7.00. The van der Waals surface area contributed by atoms with Gasteiger partial charge < -0.3 is 9.64 Å². The van der Waals surface area contributed by atoms with E-state index in [1.807, 2.05) is 35.1 Å². The summed E-state index contributed by atoms with van der Waals surface area (Å²) in [4.78, 5) is 6.70. The molecule has 0 radical (unpaired) electrons. The molecule has 3 heterocycles. The number of ether oxygens (including phenoxy) is 1. The average molecular weight is 363 g/mol. The van der Waals surface area contributed by atoms with E-state index in [1.54, 1.807) is 7.11 Å². The van der Waals surface area contributed by atoms with Gasteiger partial charge in [0, 0.05) is 24.7 Å². The molecular weight excluding hydrogens is 338 g/mol. The van der Waals surface area contributed by atoms with Gasteiger partial charge in [0.25, 0.3) is 0 Å². The van der Waals surface area contributed by atoms with Gasteiger partial charge in [0.1, 0.15) is 0 Å². The van der Waals surface area contributed by atoms with E-state index in [9.17, 15) is 0 Å².